The molecule has 0 aliphatic carbocycles. The van der Waals surface area contributed by atoms with E-state index in [1.807, 2.05) is 18.2 Å². The van der Waals surface area contributed by atoms with Crippen LogP contribution < -0.4 is 5.32 Å². The largest absolute Gasteiger partial charge is 0.315 e. The molecule has 0 amide bonds. The van der Waals surface area contributed by atoms with Gasteiger partial charge in [0, 0.05) is 6.04 Å². The summed E-state index contributed by atoms with van der Waals surface area (Å²) in [7, 11) is 0. The van der Waals surface area contributed by atoms with Crippen molar-refractivity contribution in [1.82, 2.24) is 5.32 Å². The summed E-state index contributed by atoms with van der Waals surface area (Å²) >= 11 is 12.0. The fraction of sp³-hybridized carbons (Fsp3) is 0.500. The maximum absolute atomic E-state index is 6.10. The lowest BCUT2D eigenvalue weighted by Crippen LogP contribution is -2.25. The molecule has 0 aromatic heterocycles. The van der Waals surface area contributed by atoms with Crippen molar-refractivity contribution in [3.05, 3.63) is 33.8 Å². The predicted molar refractivity (Wildman–Crippen MR) is 67.9 cm³/mol. The topological polar surface area (TPSA) is 12.0 Å². The van der Waals surface area contributed by atoms with Crippen LogP contribution in [-0.4, -0.2) is 12.6 Å². The van der Waals surface area contributed by atoms with E-state index in [-0.39, 0.29) is 0 Å². The van der Waals surface area contributed by atoms with Gasteiger partial charge in [-0.25, -0.2) is 0 Å². The Morgan fingerprint density at radius 3 is 2.73 bits per heavy atom. The molecule has 0 heterocycles. The Labute approximate surface area is 102 Å². The Bertz CT molecular complexity index is 312. The van der Waals surface area contributed by atoms with E-state index in [9.17, 15) is 0 Å². The molecular weight excluding hydrogens is 229 g/mol. The zero-order valence-corrected chi connectivity index (χ0v) is 10.7. The maximum Gasteiger partial charge on any atom is 0.0624 e. The summed E-state index contributed by atoms with van der Waals surface area (Å²) in [6.45, 7) is 5.30. The van der Waals surface area contributed by atoms with Crippen LogP contribution in [0.5, 0.6) is 0 Å². The molecule has 0 bridgehead atoms. The van der Waals surface area contributed by atoms with Gasteiger partial charge in [0.25, 0.3) is 0 Å². The van der Waals surface area contributed by atoms with Crippen molar-refractivity contribution < 1.29 is 0 Å². The van der Waals surface area contributed by atoms with Crippen LogP contribution >= 0.6 is 23.2 Å². The summed E-state index contributed by atoms with van der Waals surface area (Å²) in [6.07, 6.45) is 2.04. The van der Waals surface area contributed by atoms with Crippen molar-refractivity contribution in [2.75, 3.05) is 6.54 Å². The fourth-order valence-corrected chi connectivity index (χ4v) is 1.98. The van der Waals surface area contributed by atoms with Gasteiger partial charge in [0.2, 0.25) is 0 Å². The van der Waals surface area contributed by atoms with E-state index in [1.165, 1.54) is 0 Å². The molecule has 0 aliphatic heterocycles. The van der Waals surface area contributed by atoms with Crippen LogP contribution in [-0.2, 0) is 6.42 Å². The Morgan fingerprint density at radius 1 is 1.33 bits per heavy atom. The molecule has 0 saturated carbocycles. The molecule has 1 nitrogen and oxygen atoms in total. The zero-order valence-electron chi connectivity index (χ0n) is 9.19. The third-order valence-electron chi connectivity index (χ3n) is 2.43. The van der Waals surface area contributed by atoms with Crippen molar-refractivity contribution in [2.45, 2.75) is 32.7 Å². The normalized spacial score (nSPS) is 12.8. The smallest absolute Gasteiger partial charge is 0.0624 e. The Kier molecular flexibility index (Phi) is 5.44. The second kappa shape index (κ2) is 6.37. The average molecular weight is 246 g/mol. The Hall–Kier alpha value is -0.240. The molecule has 1 aromatic rings. The van der Waals surface area contributed by atoms with Gasteiger partial charge in [-0.3, -0.25) is 0 Å². The van der Waals surface area contributed by atoms with E-state index in [2.05, 4.69) is 19.2 Å². The van der Waals surface area contributed by atoms with Gasteiger partial charge < -0.3 is 5.32 Å². The van der Waals surface area contributed by atoms with Gasteiger partial charge in [0.15, 0.2) is 0 Å². The number of aryl methyl sites for hydroxylation is 1. The van der Waals surface area contributed by atoms with Gasteiger partial charge in [-0.05, 0) is 37.9 Å². The highest BCUT2D eigenvalue weighted by Gasteiger charge is 2.06. The quantitative estimate of drug-likeness (QED) is 0.830. The first kappa shape index (κ1) is 12.8. The third kappa shape index (κ3) is 4.02. The number of nitrogens with one attached hydrogen (secondary N) is 1. The third-order valence-corrected chi connectivity index (χ3v) is 3.29. The second-order valence-corrected chi connectivity index (χ2v) is 4.50. The summed E-state index contributed by atoms with van der Waals surface area (Å²) in [5.41, 5.74) is 1.13. The second-order valence-electron chi connectivity index (χ2n) is 3.71. The molecule has 1 unspecified atom stereocenters. The predicted octanol–water partition coefficient (Wildman–Crippen LogP) is 3.92. The molecule has 1 atom stereocenters. The van der Waals surface area contributed by atoms with E-state index < -0.39 is 0 Å². The van der Waals surface area contributed by atoms with Crippen LogP contribution in [0.3, 0.4) is 0 Å². The first-order valence-electron chi connectivity index (χ1n) is 5.31. The minimum absolute atomic E-state index is 0.519. The monoisotopic (exact) mass is 245 g/mol. The van der Waals surface area contributed by atoms with Crippen molar-refractivity contribution in [1.29, 1.82) is 0 Å². The van der Waals surface area contributed by atoms with Crippen LogP contribution in [0.25, 0.3) is 0 Å². The molecule has 15 heavy (non-hydrogen) atoms. The number of hydrogen-bond acceptors (Lipinski definition) is 1. The van der Waals surface area contributed by atoms with E-state index >= 15 is 0 Å². The summed E-state index contributed by atoms with van der Waals surface area (Å²) in [4.78, 5) is 0. The maximum atomic E-state index is 6.10. The molecule has 0 radical (unpaired) electrons. The highest BCUT2D eigenvalue weighted by molar-refractivity contribution is 6.42. The van der Waals surface area contributed by atoms with Crippen molar-refractivity contribution in [2.24, 2.45) is 0 Å². The first-order valence-corrected chi connectivity index (χ1v) is 6.07. The number of halogens is 2. The van der Waals surface area contributed by atoms with E-state index in [0.717, 1.165) is 24.9 Å². The van der Waals surface area contributed by atoms with Gasteiger partial charge in [-0.2, -0.15) is 0 Å². The molecule has 1 rings (SSSR count). The van der Waals surface area contributed by atoms with Crippen molar-refractivity contribution in [3.8, 4) is 0 Å². The standard InChI is InChI=1S/C12H17Cl2N/c1-3-15-9(2)7-8-10-5-4-6-11(13)12(10)14/h4-6,9,15H,3,7-8H2,1-2H3. The first-order chi connectivity index (χ1) is 7.15. The summed E-state index contributed by atoms with van der Waals surface area (Å²) in [5, 5.41) is 4.71. The number of rotatable bonds is 5. The lowest BCUT2D eigenvalue weighted by Gasteiger charge is -2.12. The van der Waals surface area contributed by atoms with Crippen LogP contribution in [0.4, 0.5) is 0 Å². The summed E-state index contributed by atoms with van der Waals surface area (Å²) < 4.78 is 0. The van der Waals surface area contributed by atoms with Crippen LogP contribution in [0, 0.1) is 0 Å². The van der Waals surface area contributed by atoms with E-state index in [0.29, 0.717) is 16.1 Å². The molecule has 0 saturated heterocycles. The Morgan fingerprint density at radius 2 is 2.07 bits per heavy atom. The molecule has 0 fully saturated rings. The molecular formula is C12H17Cl2N. The lowest BCUT2D eigenvalue weighted by molar-refractivity contribution is 0.531. The molecule has 1 N–H and O–H groups in total. The highest BCUT2D eigenvalue weighted by atomic mass is 35.5. The van der Waals surface area contributed by atoms with Gasteiger partial charge in [-0.1, -0.05) is 42.3 Å². The molecule has 3 heteroatoms. The molecule has 0 spiro atoms. The minimum Gasteiger partial charge on any atom is -0.315 e. The fourth-order valence-electron chi connectivity index (χ4n) is 1.56. The Balaban J connectivity index is 2.54. The summed E-state index contributed by atoms with van der Waals surface area (Å²) in [5.74, 6) is 0. The van der Waals surface area contributed by atoms with E-state index in [4.69, 9.17) is 23.2 Å². The molecule has 0 aliphatic rings. The van der Waals surface area contributed by atoms with Gasteiger partial charge in [0.05, 0.1) is 10.0 Å². The zero-order chi connectivity index (χ0) is 11.3. The minimum atomic E-state index is 0.519. The van der Waals surface area contributed by atoms with Crippen molar-refractivity contribution in [3.63, 3.8) is 0 Å². The molecule has 1 aromatic carbocycles. The van der Waals surface area contributed by atoms with Gasteiger partial charge in [0.1, 0.15) is 0 Å². The van der Waals surface area contributed by atoms with Gasteiger partial charge in [-0.15, -0.1) is 0 Å². The lowest BCUT2D eigenvalue weighted by atomic mass is 10.1. The summed E-state index contributed by atoms with van der Waals surface area (Å²) in [6, 6.07) is 6.32. The highest BCUT2D eigenvalue weighted by Crippen LogP contribution is 2.26. The number of hydrogen-bond donors (Lipinski definition) is 1. The van der Waals surface area contributed by atoms with Crippen LogP contribution in [0.2, 0.25) is 10.0 Å². The SMILES string of the molecule is CCNC(C)CCc1cccc(Cl)c1Cl. The molecule has 84 valence electrons. The van der Waals surface area contributed by atoms with Crippen molar-refractivity contribution >= 4 is 23.2 Å². The van der Waals surface area contributed by atoms with Crippen LogP contribution in [0.15, 0.2) is 18.2 Å². The van der Waals surface area contributed by atoms with Crippen LogP contribution in [0.1, 0.15) is 25.8 Å². The van der Waals surface area contributed by atoms with Gasteiger partial charge >= 0.3 is 0 Å². The number of benzene rings is 1. The average Bonchev–Trinajstić information content (AvgIpc) is 2.21. The van der Waals surface area contributed by atoms with E-state index in [1.54, 1.807) is 0 Å².